The fourth-order valence-electron chi connectivity index (χ4n) is 3.28. The molecule has 1 aromatic carbocycles. The van der Waals surface area contributed by atoms with Crippen LogP contribution in [0.1, 0.15) is 78.1 Å². The van der Waals surface area contributed by atoms with E-state index in [-0.39, 0.29) is 0 Å². The summed E-state index contributed by atoms with van der Waals surface area (Å²) in [6.45, 7) is 7.33. The molecule has 2 rings (SSSR count). The van der Waals surface area contributed by atoms with Crippen molar-refractivity contribution in [3.05, 3.63) is 48.8 Å². The number of aromatic nitrogens is 2. The first-order chi connectivity index (χ1) is 16.3. The Labute approximate surface area is 200 Å². The normalized spacial score (nSPS) is 11.2. The van der Waals surface area contributed by atoms with Crippen LogP contribution in [0.5, 0.6) is 11.5 Å². The molecule has 1 aromatic heterocycles. The molecule has 5 nitrogen and oxygen atoms in total. The molecule has 0 fully saturated rings. The zero-order valence-corrected chi connectivity index (χ0v) is 20.6. The van der Waals surface area contributed by atoms with Gasteiger partial charge >= 0.3 is 0 Å². The van der Waals surface area contributed by atoms with E-state index < -0.39 is 0 Å². The topological polar surface area (TPSA) is 53.5 Å². The SMILES string of the molecule is CCCCCCC/C=C/COc1ccc(-c2ncc(OCCCCOCCCC)cn2)cc1. The van der Waals surface area contributed by atoms with Crippen molar-refractivity contribution in [2.24, 2.45) is 0 Å². The van der Waals surface area contributed by atoms with Crippen molar-refractivity contribution < 1.29 is 14.2 Å². The molecule has 0 unspecified atom stereocenters. The van der Waals surface area contributed by atoms with Crippen molar-refractivity contribution in [2.45, 2.75) is 78.1 Å². The van der Waals surface area contributed by atoms with Crippen LogP contribution in [-0.2, 0) is 4.74 Å². The van der Waals surface area contributed by atoms with Crippen molar-refractivity contribution >= 4 is 0 Å². The Morgan fingerprint density at radius 3 is 2.12 bits per heavy atom. The molecule has 5 heteroatoms. The third kappa shape index (κ3) is 12.4. The van der Waals surface area contributed by atoms with E-state index in [2.05, 4.69) is 36.0 Å². The quantitative estimate of drug-likeness (QED) is 0.163. The Bertz CT molecular complexity index is 745. The summed E-state index contributed by atoms with van der Waals surface area (Å²) in [6, 6.07) is 7.90. The molecule has 0 amide bonds. The molecule has 0 saturated heterocycles. The van der Waals surface area contributed by atoms with Crippen LogP contribution in [0.4, 0.5) is 0 Å². The van der Waals surface area contributed by atoms with Gasteiger partial charge in [-0.3, -0.25) is 0 Å². The van der Waals surface area contributed by atoms with E-state index in [0.717, 1.165) is 50.2 Å². The minimum Gasteiger partial charge on any atom is -0.490 e. The van der Waals surface area contributed by atoms with Crippen LogP contribution in [0.2, 0.25) is 0 Å². The molecule has 0 radical (unpaired) electrons. The van der Waals surface area contributed by atoms with E-state index >= 15 is 0 Å². The summed E-state index contributed by atoms with van der Waals surface area (Å²) in [4.78, 5) is 8.87. The number of unbranched alkanes of at least 4 members (excludes halogenated alkanes) is 7. The Morgan fingerprint density at radius 1 is 0.667 bits per heavy atom. The summed E-state index contributed by atoms with van der Waals surface area (Å²) >= 11 is 0. The second kappa shape index (κ2) is 18.1. The minimum absolute atomic E-state index is 0.599. The fourth-order valence-corrected chi connectivity index (χ4v) is 3.28. The second-order valence-corrected chi connectivity index (χ2v) is 8.27. The van der Waals surface area contributed by atoms with Crippen molar-refractivity contribution in [3.8, 4) is 22.9 Å². The lowest BCUT2D eigenvalue weighted by Gasteiger charge is -2.07. The van der Waals surface area contributed by atoms with Gasteiger partial charge in [0.2, 0.25) is 0 Å². The van der Waals surface area contributed by atoms with Crippen LogP contribution in [-0.4, -0.2) is 36.4 Å². The number of hydrogen-bond donors (Lipinski definition) is 0. The Balaban J connectivity index is 1.62. The summed E-state index contributed by atoms with van der Waals surface area (Å²) in [5.74, 6) is 2.23. The van der Waals surface area contributed by atoms with Gasteiger partial charge in [-0.05, 0) is 56.4 Å². The number of allylic oxidation sites excluding steroid dienone is 1. The first-order valence-electron chi connectivity index (χ1n) is 12.7. The molecule has 182 valence electrons. The Kier molecular flexibility index (Phi) is 14.7. The number of rotatable bonds is 19. The molecule has 0 atom stereocenters. The molecule has 0 aliphatic heterocycles. The monoisotopic (exact) mass is 454 g/mol. The zero-order valence-electron chi connectivity index (χ0n) is 20.6. The molecule has 0 aliphatic rings. The Hall–Kier alpha value is -2.40. The molecule has 0 saturated carbocycles. The lowest BCUT2D eigenvalue weighted by atomic mass is 10.1. The summed E-state index contributed by atoms with van der Waals surface area (Å²) in [5, 5.41) is 0. The van der Waals surface area contributed by atoms with Gasteiger partial charge in [-0.25, -0.2) is 9.97 Å². The van der Waals surface area contributed by atoms with E-state index in [9.17, 15) is 0 Å². The van der Waals surface area contributed by atoms with Crippen molar-refractivity contribution in [2.75, 3.05) is 26.4 Å². The van der Waals surface area contributed by atoms with Crippen LogP contribution in [0.15, 0.2) is 48.8 Å². The van der Waals surface area contributed by atoms with E-state index in [1.807, 2.05) is 24.3 Å². The van der Waals surface area contributed by atoms with Crippen molar-refractivity contribution in [3.63, 3.8) is 0 Å². The summed E-state index contributed by atoms with van der Waals surface area (Å²) in [6.07, 6.45) is 19.8. The van der Waals surface area contributed by atoms with Crippen LogP contribution in [0.25, 0.3) is 11.4 Å². The van der Waals surface area contributed by atoms with Crippen molar-refractivity contribution in [1.29, 1.82) is 0 Å². The second-order valence-electron chi connectivity index (χ2n) is 8.27. The maximum atomic E-state index is 5.80. The van der Waals surface area contributed by atoms with Gasteiger partial charge in [0.1, 0.15) is 12.4 Å². The smallest absolute Gasteiger partial charge is 0.159 e. The van der Waals surface area contributed by atoms with Gasteiger partial charge in [-0.1, -0.05) is 58.1 Å². The average molecular weight is 455 g/mol. The average Bonchev–Trinajstić information content (AvgIpc) is 2.85. The maximum absolute atomic E-state index is 5.80. The molecule has 0 bridgehead atoms. The van der Waals surface area contributed by atoms with Gasteiger partial charge in [0.05, 0.1) is 19.0 Å². The number of nitrogens with zero attached hydrogens (tertiary/aromatic N) is 2. The molecule has 0 aliphatic carbocycles. The van der Waals surface area contributed by atoms with Crippen LogP contribution in [0, 0.1) is 0 Å². The summed E-state index contributed by atoms with van der Waals surface area (Å²) in [7, 11) is 0. The van der Waals surface area contributed by atoms with Gasteiger partial charge in [0, 0.05) is 18.8 Å². The van der Waals surface area contributed by atoms with E-state index in [1.54, 1.807) is 12.4 Å². The first kappa shape index (κ1) is 26.8. The first-order valence-corrected chi connectivity index (χ1v) is 12.7. The van der Waals surface area contributed by atoms with E-state index in [0.29, 0.717) is 24.8 Å². The third-order valence-electron chi connectivity index (χ3n) is 5.32. The third-order valence-corrected chi connectivity index (χ3v) is 5.32. The van der Waals surface area contributed by atoms with Crippen LogP contribution in [0.3, 0.4) is 0 Å². The maximum Gasteiger partial charge on any atom is 0.159 e. The lowest BCUT2D eigenvalue weighted by molar-refractivity contribution is 0.123. The highest BCUT2D eigenvalue weighted by Crippen LogP contribution is 2.20. The molecule has 0 spiro atoms. The molecule has 33 heavy (non-hydrogen) atoms. The summed E-state index contributed by atoms with van der Waals surface area (Å²) < 4.78 is 17.1. The van der Waals surface area contributed by atoms with Crippen LogP contribution < -0.4 is 9.47 Å². The van der Waals surface area contributed by atoms with Crippen molar-refractivity contribution in [1.82, 2.24) is 9.97 Å². The molecular formula is C28H42N2O3. The molecular weight excluding hydrogens is 412 g/mol. The number of hydrogen-bond acceptors (Lipinski definition) is 5. The molecule has 2 aromatic rings. The van der Waals surface area contributed by atoms with Gasteiger partial charge in [-0.2, -0.15) is 0 Å². The lowest BCUT2D eigenvalue weighted by Crippen LogP contribution is -2.02. The van der Waals surface area contributed by atoms with Gasteiger partial charge in [-0.15, -0.1) is 0 Å². The molecule has 0 N–H and O–H groups in total. The fraction of sp³-hybridized carbons (Fsp3) is 0.571. The number of ether oxygens (including phenoxy) is 3. The highest BCUT2D eigenvalue weighted by molar-refractivity contribution is 5.56. The predicted octanol–water partition coefficient (Wildman–Crippen LogP) is 7.41. The van der Waals surface area contributed by atoms with Crippen LogP contribution >= 0.6 is 0 Å². The van der Waals surface area contributed by atoms with Gasteiger partial charge < -0.3 is 14.2 Å². The standard InChI is InChI=1S/C28H42N2O3/c1-3-5-7-8-9-10-11-12-21-32-26-17-15-25(16-18-26)28-29-23-27(24-30-28)33-22-14-13-20-31-19-6-4-2/h11-12,15-18,23-24H,3-10,13-14,19-22H2,1-2H3/b12-11+. The highest BCUT2D eigenvalue weighted by atomic mass is 16.5. The number of benzene rings is 1. The predicted molar refractivity (Wildman–Crippen MR) is 136 cm³/mol. The van der Waals surface area contributed by atoms with E-state index in [4.69, 9.17) is 14.2 Å². The van der Waals surface area contributed by atoms with E-state index in [1.165, 1.54) is 38.5 Å². The molecule has 1 heterocycles. The largest absolute Gasteiger partial charge is 0.490 e. The Morgan fingerprint density at radius 2 is 1.36 bits per heavy atom. The minimum atomic E-state index is 0.599. The summed E-state index contributed by atoms with van der Waals surface area (Å²) in [5.41, 5.74) is 0.959. The van der Waals surface area contributed by atoms with Gasteiger partial charge in [0.15, 0.2) is 11.6 Å². The zero-order chi connectivity index (χ0) is 23.4. The van der Waals surface area contributed by atoms with Gasteiger partial charge in [0.25, 0.3) is 0 Å². The highest BCUT2D eigenvalue weighted by Gasteiger charge is 2.03.